The normalized spacial score (nSPS) is 11.9. The van der Waals surface area contributed by atoms with Crippen LogP contribution in [0.15, 0.2) is 59.4 Å². The largest absolute Gasteiger partial charge is 0.481 e. The maximum absolute atomic E-state index is 12.3. The summed E-state index contributed by atoms with van der Waals surface area (Å²) >= 11 is 0. The maximum atomic E-state index is 12.3. The number of nitrogens with one attached hydrogen (secondary N) is 1. The van der Waals surface area contributed by atoms with E-state index in [1.807, 2.05) is 18.2 Å². The third-order valence-electron chi connectivity index (χ3n) is 3.68. The van der Waals surface area contributed by atoms with Gasteiger partial charge in [0.1, 0.15) is 11.3 Å². The van der Waals surface area contributed by atoms with E-state index >= 15 is 0 Å². The smallest absolute Gasteiger partial charge is 0.277 e. The Labute approximate surface area is 144 Å². The van der Waals surface area contributed by atoms with Crippen LogP contribution in [0.4, 0.5) is 0 Å². The van der Waals surface area contributed by atoms with Gasteiger partial charge in [-0.05, 0) is 31.2 Å². The van der Waals surface area contributed by atoms with Crippen LogP contribution in [0.3, 0.4) is 0 Å². The van der Waals surface area contributed by atoms with Gasteiger partial charge in [-0.2, -0.15) is 0 Å². The number of ether oxygens (including phenoxy) is 1. The summed E-state index contributed by atoms with van der Waals surface area (Å²) in [5.74, 6) is 0.368. The SMILES string of the molecule is CC(Oc1ccccc1)C(=O)NCCn1nnc2ccccc2c1=O. The van der Waals surface area contributed by atoms with Gasteiger partial charge in [0, 0.05) is 6.54 Å². The quantitative estimate of drug-likeness (QED) is 0.734. The third-order valence-corrected chi connectivity index (χ3v) is 3.68. The minimum atomic E-state index is -0.637. The Balaban J connectivity index is 1.56. The van der Waals surface area contributed by atoms with Crippen molar-refractivity contribution < 1.29 is 9.53 Å². The van der Waals surface area contributed by atoms with E-state index in [1.165, 1.54) is 4.68 Å². The average molecular weight is 338 g/mol. The van der Waals surface area contributed by atoms with E-state index in [1.54, 1.807) is 43.3 Å². The third kappa shape index (κ3) is 4.00. The molecule has 0 aliphatic heterocycles. The highest BCUT2D eigenvalue weighted by molar-refractivity contribution is 5.80. The summed E-state index contributed by atoms with van der Waals surface area (Å²) in [6.07, 6.45) is -0.637. The number of nitrogens with zero attached hydrogens (tertiary/aromatic N) is 3. The highest BCUT2D eigenvalue weighted by atomic mass is 16.5. The lowest BCUT2D eigenvalue weighted by Crippen LogP contribution is -2.39. The minimum absolute atomic E-state index is 0.228. The number of para-hydroxylation sites is 1. The molecule has 1 unspecified atom stereocenters. The Morgan fingerprint density at radius 2 is 1.88 bits per heavy atom. The molecule has 0 saturated carbocycles. The molecule has 1 amide bonds. The van der Waals surface area contributed by atoms with Gasteiger partial charge in [-0.25, -0.2) is 4.68 Å². The molecule has 128 valence electrons. The zero-order valence-electron chi connectivity index (χ0n) is 13.8. The second-order valence-electron chi connectivity index (χ2n) is 5.50. The standard InChI is InChI=1S/C18H18N4O3/c1-13(25-14-7-3-2-4-8-14)17(23)19-11-12-22-18(24)15-9-5-6-10-16(15)20-21-22/h2-10,13H,11-12H2,1H3,(H,19,23). The maximum Gasteiger partial charge on any atom is 0.277 e. The number of aromatic nitrogens is 3. The summed E-state index contributed by atoms with van der Waals surface area (Å²) in [6, 6.07) is 16.1. The topological polar surface area (TPSA) is 86.1 Å². The molecule has 1 heterocycles. The summed E-state index contributed by atoms with van der Waals surface area (Å²) < 4.78 is 6.79. The van der Waals surface area contributed by atoms with Crippen molar-refractivity contribution in [2.75, 3.05) is 6.54 Å². The van der Waals surface area contributed by atoms with Gasteiger partial charge in [0.05, 0.1) is 11.9 Å². The van der Waals surface area contributed by atoms with Crippen LogP contribution in [0.2, 0.25) is 0 Å². The molecule has 7 nitrogen and oxygen atoms in total. The van der Waals surface area contributed by atoms with Gasteiger partial charge in [0.2, 0.25) is 0 Å². The van der Waals surface area contributed by atoms with Gasteiger partial charge >= 0.3 is 0 Å². The monoisotopic (exact) mass is 338 g/mol. The molecular formula is C18H18N4O3. The van der Waals surface area contributed by atoms with Gasteiger partial charge < -0.3 is 10.1 Å². The van der Waals surface area contributed by atoms with Crippen molar-refractivity contribution >= 4 is 16.8 Å². The van der Waals surface area contributed by atoms with Gasteiger partial charge in [-0.3, -0.25) is 9.59 Å². The zero-order chi connectivity index (χ0) is 17.6. The van der Waals surface area contributed by atoms with Crippen LogP contribution < -0.4 is 15.6 Å². The first-order chi connectivity index (χ1) is 12.1. The van der Waals surface area contributed by atoms with Crippen LogP contribution in [0.25, 0.3) is 10.9 Å². The first kappa shape index (κ1) is 16.6. The first-order valence-corrected chi connectivity index (χ1v) is 7.97. The molecule has 2 aromatic carbocycles. The van der Waals surface area contributed by atoms with Crippen LogP contribution in [0.1, 0.15) is 6.92 Å². The van der Waals surface area contributed by atoms with Crippen LogP contribution in [0.5, 0.6) is 5.75 Å². The number of carbonyl (C=O) groups is 1. The lowest BCUT2D eigenvalue weighted by atomic mass is 10.2. The molecule has 0 spiro atoms. The number of rotatable bonds is 6. The second-order valence-corrected chi connectivity index (χ2v) is 5.50. The molecule has 0 bridgehead atoms. The summed E-state index contributed by atoms with van der Waals surface area (Å²) in [4.78, 5) is 24.4. The van der Waals surface area contributed by atoms with Gasteiger partial charge in [0.15, 0.2) is 6.10 Å². The second kappa shape index (κ2) is 7.57. The van der Waals surface area contributed by atoms with Crippen molar-refractivity contribution in [3.8, 4) is 5.75 Å². The van der Waals surface area contributed by atoms with Crippen LogP contribution in [-0.2, 0) is 11.3 Å². The molecule has 1 atom stereocenters. The number of fused-ring (bicyclic) bond motifs is 1. The van der Waals surface area contributed by atoms with Crippen molar-refractivity contribution in [1.82, 2.24) is 20.3 Å². The zero-order valence-corrected chi connectivity index (χ0v) is 13.8. The van der Waals surface area contributed by atoms with E-state index in [9.17, 15) is 9.59 Å². The fraction of sp³-hybridized carbons (Fsp3) is 0.222. The minimum Gasteiger partial charge on any atom is -0.481 e. The van der Waals surface area contributed by atoms with Crippen molar-refractivity contribution in [3.05, 3.63) is 65.0 Å². The fourth-order valence-corrected chi connectivity index (χ4v) is 2.36. The molecule has 0 saturated heterocycles. The lowest BCUT2D eigenvalue weighted by molar-refractivity contribution is -0.127. The number of hydrogen-bond acceptors (Lipinski definition) is 5. The van der Waals surface area contributed by atoms with Crippen molar-refractivity contribution in [2.24, 2.45) is 0 Å². The highest BCUT2D eigenvalue weighted by Gasteiger charge is 2.14. The van der Waals surface area contributed by atoms with Crippen molar-refractivity contribution in [3.63, 3.8) is 0 Å². The number of benzene rings is 2. The Hall–Kier alpha value is -3.22. The van der Waals surface area contributed by atoms with E-state index in [-0.39, 0.29) is 24.6 Å². The molecule has 7 heteroatoms. The summed E-state index contributed by atoms with van der Waals surface area (Å²) in [6.45, 7) is 2.17. The average Bonchev–Trinajstić information content (AvgIpc) is 2.64. The summed E-state index contributed by atoms with van der Waals surface area (Å²) in [7, 11) is 0. The molecule has 3 rings (SSSR count). The van der Waals surface area contributed by atoms with Gasteiger partial charge in [0.25, 0.3) is 11.5 Å². The van der Waals surface area contributed by atoms with Gasteiger partial charge in [-0.1, -0.05) is 35.5 Å². The lowest BCUT2D eigenvalue weighted by Gasteiger charge is -2.14. The number of hydrogen-bond donors (Lipinski definition) is 1. The number of carbonyl (C=O) groups excluding carboxylic acids is 1. The Morgan fingerprint density at radius 1 is 1.16 bits per heavy atom. The summed E-state index contributed by atoms with van der Waals surface area (Å²) in [5, 5.41) is 11.1. The Morgan fingerprint density at radius 3 is 2.68 bits per heavy atom. The Kier molecular flexibility index (Phi) is 5.03. The molecular weight excluding hydrogens is 320 g/mol. The van der Waals surface area contributed by atoms with Crippen LogP contribution in [0, 0.1) is 0 Å². The van der Waals surface area contributed by atoms with E-state index in [0.717, 1.165) is 0 Å². The predicted molar refractivity (Wildman–Crippen MR) is 93.3 cm³/mol. The van der Waals surface area contributed by atoms with E-state index in [4.69, 9.17) is 4.74 Å². The first-order valence-electron chi connectivity index (χ1n) is 7.97. The predicted octanol–water partition coefficient (Wildman–Crippen LogP) is 1.38. The molecule has 1 aromatic heterocycles. The van der Waals surface area contributed by atoms with Crippen molar-refractivity contribution in [1.29, 1.82) is 0 Å². The van der Waals surface area contributed by atoms with E-state index in [0.29, 0.717) is 16.7 Å². The molecule has 0 aliphatic rings. The van der Waals surface area contributed by atoms with E-state index < -0.39 is 6.10 Å². The molecule has 0 aliphatic carbocycles. The molecule has 0 radical (unpaired) electrons. The molecule has 1 N–H and O–H groups in total. The van der Waals surface area contributed by atoms with Crippen molar-refractivity contribution in [2.45, 2.75) is 19.6 Å². The van der Waals surface area contributed by atoms with Crippen LogP contribution in [-0.4, -0.2) is 33.5 Å². The fourth-order valence-electron chi connectivity index (χ4n) is 2.36. The Bertz CT molecular complexity index is 924. The molecule has 0 fully saturated rings. The van der Waals surface area contributed by atoms with Crippen LogP contribution >= 0.6 is 0 Å². The van der Waals surface area contributed by atoms with E-state index in [2.05, 4.69) is 15.6 Å². The molecule has 25 heavy (non-hydrogen) atoms. The summed E-state index contributed by atoms with van der Waals surface area (Å²) in [5.41, 5.74) is 0.325. The highest BCUT2D eigenvalue weighted by Crippen LogP contribution is 2.10. The number of amides is 1. The van der Waals surface area contributed by atoms with Gasteiger partial charge in [-0.15, -0.1) is 5.10 Å². The molecule has 3 aromatic rings.